The molecule has 1 saturated heterocycles. The monoisotopic (exact) mass is 316 g/mol. The molecule has 1 fully saturated rings. The molecule has 0 amide bonds. The van der Waals surface area contributed by atoms with Crippen molar-refractivity contribution >= 4 is 15.9 Å². The summed E-state index contributed by atoms with van der Waals surface area (Å²) in [5.74, 6) is 0.303. The summed E-state index contributed by atoms with van der Waals surface area (Å²) < 4.78 is 19.5. The summed E-state index contributed by atoms with van der Waals surface area (Å²) in [6.07, 6.45) is 0. The van der Waals surface area contributed by atoms with Crippen molar-refractivity contribution in [1.29, 1.82) is 0 Å². The third-order valence-electron chi connectivity index (χ3n) is 3.15. The van der Waals surface area contributed by atoms with E-state index >= 15 is 0 Å². The molecule has 0 bridgehead atoms. The molecule has 0 aromatic heterocycles. The molecule has 100 valence electrons. The van der Waals surface area contributed by atoms with Gasteiger partial charge in [0.1, 0.15) is 18.2 Å². The van der Waals surface area contributed by atoms with Crippen LogP contribution in [0, 0.1) is 5.82 Å². The summed E-state index contributed by atoms with van der Waals surface area (Å²) in [5.41, 5.74) is 0. The van der Waals surface area contributed by atoms with Crippen molar-refractivity contribution in [2.24, 2.45) is 0 Å². The number of benzene rings is 1. The summed E-state index contributed by atoms with van der Waals surface area (Å²) in [6.45, 7) is 5.82. The van der Waals surface area contributed by atoms with Crippen molar-refractivity contribution < 1.29 is 9.13 Å². The molecule has 1 aromatic rings. The smallest absolute Gasteiger partial charge is 0.136 e. The van der Waals surface area contributed by atoms with Gasteiger partial charge < -0.3 is 9.64 Å². The molecule has 5 heteroatoms. The number of nitrogens with zero attached hydrogens (tertiary/aromatic N) is 2. The Morgan fingerprint density at radius 1 is 1.28 bits per heavy atom. The number of rotatable bonds is 4. The van der Waals surface area contributed by atoms with Gasteiger partial charge >= 0.3 is 0 Å². The van der Waals surface area contributed by atoms with Gasteiger partial charge in [0, 0.05) is 38.8 Å². The van der Waals surface area contributed by atoms with Crippen molar-refractivity contribution in [1.82, 2.24) is 9.80 Å². The van der Waals surface area contributed by atoms with Gasteiger partial charge in [0.25, 0.3) is 0 Å². The predicted octanol–water partition coefficient (Wildman–Crippen LogP) is 2.21. The lowest BCUT2D eigenvalue weighted by Gasteiger charge is -2.32. The van der Waals surface area contributed by atoms with Crippen molar-refractivity contribution in [2.45, 2.75) is 0 Å². The average molecular weight is 317 g/mol. The van der Waals surface area contributed by atoms with E-state index in [1.54, 1.807) is 6.07 Å². The molecular weight excluding hydrogens is 299 g/mol. The molecule has 0 spiro atoms. The van der Waals surface area contributed by atoms with Gasteiger partial charge in [-0.05, 0) is 35.1 Å². The van der Waals surface area contributed by atoms with E-state index in [0.717, 1.165) is 37.2 Å². The van der Waals surface area contributed by atoms with E-state index in [2.05, 4.69) is 32.8 Å². The number of hydrogen-bond donors (Lipinski definition) is 0. The number of hydrogen-bond acceptors (Lipinski definition) is 3. The molecule has 1 aliphatic heterocycles. The Bertz CT molecular complexity index is 395. The lowest BCUT2D eigenvalue weighted by atomic mass is 10.3. The third-order valence-corrected chi connectivity index (χ3v) is 3.81. The number of likely N-dealkylation sites (N-methyl/N-ethyl adjacent to an activating group) is 1. The van der Waals surface area contributed by atoms with Crippen molar-refractivity contribution in [3.8, 4) is 5.75 Å². The summed E-state index contributed by atoms with van der Waals surface area (Å²) in [7, 11) is 2.14. The lowest BCUT2D eigenvalue weighted by Crippen LogP contribution is -2.45. The van der Waals surface area contributed by atoms with Crippen LogP contribution in [0.15, 0.2) is 22.7 Å². The maximum atomic E-state index is 13.1. The van der Waals surface area contributed by atoms with E-state index in [4.69, 9.17) is 4.74 Å². The van der Waals surface area contributed by atoms with Crippen LogP contribution in [0.3, 0.4) is 0 Å². The van der Waals surface area contributed by atoms with Gasteiger partial charge in [0.2, 0.25) is 0 Å². The van der Waals surface area contributed by atoms with Gasteiger partial charge in [0.05, 0.1) is 4.47 Å². The highest BCUT2D eigenvalue weighted by Gasteiger charge is 2.13. The first-order valence-electron chi connectivity index (χ1n) is 6.14. The van der Waals surface area contributed by atoms with Crippen LogP contribution in [0.1, 0.15) is 0 Å². The molecule has 1 aliphatic rings. The van der Waals surface area contributed by atoms with Crippen LogP contribution in [0.25, 0.3) is 0 Å². The summed E-state index contributed by atoms with van der Waals surface area (Å²) >= 11 is 3.35. The largest absolute Gasteiger partial charge is 0.491 e. The van der Waals surface area contributed by atoms with E-state index in [1.165, 1.54) is 12.1 Å². The van der Waals surface area contributed by atoms with E-state index in [0.29, 0.717) is 12.4 Å². The Balaban J connectivity index is 1.76. The molecule has 0 unspecified atom stereocenters. The van der Waals surface area contributed by atoms with Crippen molar-refractivity contribution in [2.75, 3.05) is 46.4 Å². The molecule has 3 nitrogen and oxygen atoms in total. The van der Waals surface area contributed by atoms with Crippen LogP contribution < -0.4 is 4.74 Å². The third kappa shape index (κ3) is 3.93. The first-order chi connectivity index (χ1) is 8.65. The molecule has 0 radical (unpaired) electrons. The average Bonchev–Trinajstić information content (AvgIpc) is 2.36. The molecule has 0 aliphatic carbocycles. The first kappa shape index (κ1) is 13.8. The minimum absolute atomic E-state index is 0.271. The Hall–Kier alpha value is -0.650. The summed E-state index contributed by atoms with van der Waals surface area (Å²) in [6, 6.07) is 4.49. The minimum Gasteiger partial charge on any atom is -0.491 e. The Morgan fingerprint density at radius 2 is 2.00 bits per heavy atom. The minimum atomic E-state index is -0.271. The summed E-state index contributed by atoms with van der Waals surface area (Å²) in [4.78, 5) is 4.69. The SMILES string of the molecule is CN1CCN(CCOc2cc(F)ccc2Br)CC1. The lowest BCUT2D eigenvalue weighted by molar-refractivity contribution is 0.133. The maximum absolute atomic E-state index is 13.1. The molecular formula is C13H18BrFN2O. The van der Waals surface area contributed by atoms with E-state index in [-0.39, 0.29) is 5.82 Å². The fourth-order valence-corrected chi connectivity index (χ4v) is 2.31. The van der Waals surface area contributed by atoms with Crippen LogP contribution >= 0.6 is 15.9 Å². The van der Waals surface area contributed by atoms with E-state index in [1.807, 2.05) is 0 Å². The predicted molar refractivity (Wildman–Crippen MR) is 73.5 cm³/mol. The molecule has 1 heterocycles. The van der Waals surface area contributed by atoms with Gasteiger partial charge in [-0.2, -0.15) is 0 Å². The van der Waals surface area contributed by atoms with Crippen LogP contribution in [0.2, 0.25) is 0 Å². The quantitative estimate of drug-likeness (QED) is 0.847. The maximum Gasteiger partial charge on any atom is 0.136 e. The van der Waals surface area contributed by atoms with Gasteiger partial charge in [-0.3, -0.25) is 4.90 Å². The molecule has 0 N–H and O–H groups in total. The normalized spacial score (nSPS) is 17.9. The topological polar surface area (TPSA) is 15.7 Å². The molecule has 18 heavy (non-hydrogen) atoms. The van der Waals surface area contributed by atoms with E-state index < -0.39 is 0 Å². The standard InChI is InChI=1S/C13H18BrFN2O/c1-16-4-6-17(7-5-16)8-9-18-13-10-11(15)2-3-12(13)14/h2-3,10H,4-9H2,1H3. The Labute approximate surface area is 116 Å². The fourth-order valence-electron chi connectivity index (χ4n) is 1.94. The van der Waals surface area contributed by atoms with E-state index in [9.17, 15) is 4.39 Å². The zero-order valence-corrected chi connectivity index (χ0v) is 12.1. The van der Waals surface area contributed by atoms with Crippen molar-refractivity contribution in [3.05, 3.63) is 28.5 Å². The second-order valence-electron chi connectivity index (χ2n) is 4.57. The van der Waals surface area contributed by atoms with Crippen LogP contribution in [-0.2, 0) is 0 Å². The van der Waals surface area contributed by atoms with Crippen LogP contribution in [0.5, 0.6) is 5.75 Å². The van der Waals surface area contributed by atoms with Crippen molar-refractivity contribution in [3.63, 3.8) is 0 Å². The van der Waals surface area contributed by atoms with Gasteiger partial charge in [-0.25, -0.2) is 4.39 Å². The second-order valence-corrected chi connectivity index (χ2v) is 5.42. The van der Waals surface area contributed by atoms with Gasteiger partial charge in [-0.1, -0.05) is 0 Å². The number of ether oxygens (including phenoxy) is 1. The Morgan fingerprint density at radius 3 is 2.72 bits per heavy atom. The first-order valence-corrected chi connectivity index (χ1v) is 6.93. The van der Waals surface area contributed by atoms with Crippen LogP contribution in [0.4, 0.5) is 4.39 Å². The second kappa shape index (κ2) is 6.50. The zero-order chi connectivity index (χ0) is 13.0. The molecule has 0 saturated carbocycles. The highest BCUT2D eigenvalue weighted by Crippen LogP contribution is 2.25. The Kier molecular flexibility index (Phi) is 4.97. The number of piperazine rings is 1. The zero-order valence-electron chi connectivity index (χ0n) is 10.5. The van der Waals surface area contributed by atoms with Crippen LogP contribution in [-0.4, -0.2) is 56.2 Å². The molecule has 0 atom stereocenters. The summed E-state index contributed by atoms with van der Waals surface area (Å²) in [5, 5.41) is 0. The number of halogens is 2. The highest BCUT2D eigenvalue weighted by atomic mass is 79.9. The fraction of sp³-hybridized carbons (Fsp3) is 0.538. The molecule has 1 aromatic carbocycles. The van der Waals surface area contributed by atoms with Gasteiger partial charge in [-0.15, -0.1) is 0 Å². The molecule has 2 rings (SSSR count). The highest BCUT2D eigenvalue weighted by molar-refractivity contribution is 9.10. The van der Waals surface area contributed by atoms with Gasteiger partial charge in [0.15, 0.2) is 0 Å².